The first-order valence-corrected chi connectivity index (χ1v) is 22.1. The van der Waals surface area contributed by atoms with Crippen molar-refractivity contribution in [1.29, 1.82) is 0 Å². The molecule has 5 aliphatic rings. The van der Waals surface area contributed by atoms with Crippen LogP contribution in [-0.2, 0) is 15.1 Å². The maximum absolute atomic E-state index is 13.5. The second-order valence-corrected chi connectivity index (χ2v) is 19.0. The number of ether oxygens (including phenoxy) is 3. The predicted molar refractivity (Wildman–Crippen MR) is 231 cm³/mol. The molecule has 2 aliphatic heterocycles. The number of aliphatic hydroxyl groups is 1. The van der Waals surface area contributed by atoms with Gasteiger partial charge in [0, 0.05) is 47.5 Å². The van der Waals surface area contributed by atoms with Crippen LogP contribution in [0.2, 0.25) is 0 Å². The molecule has 60 heavy (non-hydrogen) atoms. The van der Waals surface area contributed by atoms with Crippen molar-refractivity contribution in [3.63, 3.8) is 0 Å². The van der Waals surface area contributed by atoms with E-state index in [2.05, 4.69) is 37.9 Å². The van der Waals surface area contributed by atoms with Crippen LogP contribution in [-0.4, -0.2) is 52.1 Å². The lowest BCUT2D eigenvalue weighted by Crippen LogP contribution is -2.36. The number of carbonyl (C=O) groups excluding carboxylic acids is 2. The lowest BCUT2D eigenvalue weighted by Gasteiger charge is -2.44. The fourth-order valence-corrected chi connectivity index (χ4v) is 11.3. The molecule has 5 atom stereocenters. The Morgan fingerprint density at radius 2 is 1.70 bits per heavy atom. The number of phenols is 2. The third-order valence-electron chi connectivity index (χ3n) is 14.3. The second kappa shape index (κ2) is 16.5. The molecular weight excluding hydrogens is 755 g/mol. The van der Waals surface area contributed by atoms with E-state index in [1.165, 1.54) is 73.9 Å². The van der Waals surface area contributed by atoms with Crippen LogP contribution >= 0.6 is 0 Å². The molecule has 0 aromatic heterocycles. The van der Waals surface area contributed by atoms with Crippen LogP contribution in [0.15, 0.2) is 90.0 Å². The number of fused-ring (bicyclic) bond motifs is 7. The molecule has 4 N–H and O–H groups in total. The van der Waals surface area contributed by atoms with Crippen LogP contribution in [0, 0.1) is 23.2 Å². The van der Waals surface area contributed by atoms with Gasteiger partial charge in [-0.2, -0.15) is 0 Å². The summed E-state index contributed by atoms with van der Waals surface area (Å²) < 4.78 is 18.5. The molecule has 0 radical (unpaired) electrons. The molecule has 318 valence electrons. The molecule has 1 unspecified atom stereocenters. The molecule has 0 bridgehead atoms. The number of carbonyl (C=O) groups is 2. The number of aromatic hydroxyl groups is 2. The van der Waals surface area contributed by atoms with Gasteiger partial charge >= 0.3 is 5.97 Å². The Bertz CT molecular complexity index is 2180. The first-order chi connectivity index (χ1) is 28.7. The van der Waals surface area contributed by atoms with Crippen LogP contribution in [0.3, 0.4) is 0 Å². The van der Waals surface area contributed by atoms with E-state index in [4.69, 9.17) is 14.2 Å². The number of esters is 1. The summed E-state index contributed by atoms with van der Waals surface area (Å²) >= 11 is 0. The molecule has 9 nitrogen and oxygen atoms in total. The van der Waals surface area contributed by atoms with Crippen LogP contribution in [0.1, 0.15) is 142 Å². The Balaban J connectivity index is 0.853. The van der Waals surface area contributed by atoms with Crippen molar-refractivity contribution in [2.24, 2.45) is 23.2 Å². The van der Waals surface area contributed by atoms with Crippen LogP contribution in [0.25, 0.3) is 0 Å². The highest BCUT2D eigenvalue weighted by Crippen LogP contribution is 2.60. The third-order valence-corrected chi connectivity index (χ3v) is 14.3. The van der Waals surface area contributed by atoms with E-state index in [1.54, 1.807) is 35.9 Å². The highest BCUT2D eigenvalue weighted by Gasteiger charge is 2.54. The minimum atomic E-state index is -1.38. The van der Waals surface area contributed by atoms with Crippen LogP contribution < -0.4 is 10.1 Å². The quantitative estimate of drug-likeness (QED) is 0.105. The van der Waals surface area contributed by atoms with Gasteiger partial charge in [0.2, 0.25) is 0 Å². The maximum Gasteiger partial charge on any atom is 0.340 e. The van der Waals surface area contributed by atoms with E-state index in [-0.39, 0.29) is 29.1 Å². The van der Waals surface area contributed by atoms with Crippen molar-refractivity contribution in [1.82, 2.24) is 5.32 Å². The topological polar surface area (TPSA) is 135 Å². The van der Waals surface area contributed by atoms with Gasteiger partial charge in [-0.1, -0.05) is 62.6 Å². The fraction of sp³-hybridized carbons (Fsp3) is 0.490. The van der Waals surface area contributed by atoms with Gasteiger partial charge in [-0.3, -0.25) is 4.79 Å². The smallest absolute Gasteiger partial charge is 0.340 e. The SMILES string of the molecule is C=C1CC[C@H](OCCCNC(=O)c2ccc3c(c2)C(=O)OC32c3ccc(O)cc3Oc3cc(O)ccc32)CC1=C/C=C1\CCC[C@]2(C)[C@@H](C(C)CCCC(C)(C)O)CC[C@@H]12. The Kier molecular flexibility index (Phi) is 11.5. The summed E-state index contributed by atoms with van der Waals surface area (Å²) in [5, 5.41) is 33.6. The van der Waals surface area contributed by atoms with Crippen molar-refractivity contribution in [2.45, 2.75) is 122 Å². The number of hydrogen-bond donors (Lipinski definition) is 4. The molecular formula is C51H61NO8. The van der Waals surface area contributed by atoms with Crippen molar-refractivity contribution in [3.05, 3.63) is 118 Å². The number of rotatable bonds is 12. The normalized spacial score (nSPS) is 25.9. The highest BCUT2D eigenvalue weighted by atomic mass is 16.6. The molecule has 9 heteroatoms. The zero-order valence-corrected chi connectivity index (χ0v) is 35.6. The van der Waals surface area contributed by atoms with Crippen molar-refractivity contribution < 1.29 is 39.1 Å². The zero-order chi connectivity index (χ0) is 42.4. The van der Waals surface area contributed by atoms with Crippen molar-refractivity contribution >= 4 is 11.9 Å². The monoisotopic (exact) mass is 815 g/mol. The van der Waals surface area contributed by atoms with Gasteiger partial charge in [0.1, 0.15) is 23.0 Å². The molecule has 3 aromatic rings. The predicted octanol–water partition coefficient (Wildman–Crippen LogP) is 10.6. The Labute approximate surface area is 354 Å². The molecule has 2 heterocycles. The second-order valence-electron chi connectivity index (χ2n) is 19.0. The largest absolute Gasteiger partial charge is 0.508 e. The lowest BCUT2D eigenvalue weighted by atomic mass is 9.60. The standard InChI is InChI=1S/C51H61NO8/c1-31-11-17-38(27-34(31)13-12-33-10-7-24-50(5)40(21-22-41(33)50)32(2)9-6-23-49(3,4)57)58-26-8-25-52-47(55)35-14-18-42-39(28-35)48(56)60-51(42)43-19-15-36(53)29-45(43)59-46-30-37(54)16-20-44(46)51/h12-16,18-20,28-30,32,38,40-41,53-54,57H,1,6-11,17,21-27H2,2-5H3,(H,52,55)/b33-12+,34-13?/t32?,38-,40+,41-,50+/m0/s1. The summed E-state index contributed by atoms with van der Waals surface area (Å²) in [7, 11) is 0. The van der Waals surface area contributed by atoms with Crippen LogP contribution in [0.5, 0.6) is 23.0 Å². The van der Waals surface area contributed by atoms with E-state index < -0.39 is 17.2 Å². The molecule has 3 aromatic carbocycles. The Morgan fingerprint density at radius 1 is 0.983 bits per heavy atom. The summed E-state index contributed by atoms with van der Waals surface area (Å²) in [6.07, 6.45) is 17.6. The summed E-state index contributed by atoms with van der Waals surface area (Å²) in [4.78, 5) is 26.8. The van der Waals surface area contributed by atoms with E-state index in [0.29, 0.717) is 70.6 Å². The summed E-state index contributed by atoms with van der Waals surface area (Å²) in [6.45, 7) is 14.2. The van der Waals surface area contributed by atoms with E-state index >= 15 is 0 Å². The number of hydrogen-bond acceptors (Lipinski definition) is 8. The molecule has 1 amide bonds. The average Bonchev–Trinajstić information content (AvgIpc) is 3.71. The first-order valence-electron chi connectivity index (χ1n) is 22.1. The lowest BCUT2D eigenvalue weighted by molar-refractivity contribution is 0.0224. The molecule has 1 spiro atoms. The van der Waals surface area contributed by atoms with Gasteiger partial charge in [0.15, 0.2) is 5.60 Å². The van der Waals surface area contributed by atoms with E-state index in [1.807, 2.05) is 13.8 Å². The number of nitrogens with one attached hydrogen (secondary N) is 1. The van der Waals surface area contributed by atoms with Crippen molar-refractivity contribution in [3.8, 4) is 23.0 Å². The van der Waals surface area contributed by atoms with E-state index in [0.717, 1.165) is 38.0 Å². The number of benzene rings is 3. The number of allylic oxidation sites excluding steroid dienone is 4. The molecule has 3 saturated carbocycles. The summed E-state index contributed by atoms with van der Waals surface area (Å²) in [5.74, 6) is 1.72. The van der Waals surface area contributed by atoms with Gasteiger partial charge in [-0.25, -0.2) is 4.79 Å². The maximum atomic E-state index is 13.5. The van der Waals surface area contributed by atoms with E-state index in [9.17, 15) is 24.9 Å². The van der Waals surface area contributed by atoms with Gasteiger partial charge in [-0.05, 0) is 143 Å². The Hall–Kier alpha value is -4.86. The Morgan fingerprint density at radius 3 is 2.42 bits per heavy atom. The minimum Gasteiger partial charge on any atom is -0.508 e. The first kappa shape index (κ1) is 41.9. The van der Waals surface area contributed by atoms with Gasteiger partial charge < -0.3 is 34.8 Å². The van der Waals surface area contributed by atoms with Gasteiger partial charge in [0.05, 0.1) is 17.3 Å². The minimum absolute atomic E-state index is 0.0183. The summed E-state index contributed by atoms with van der Waals surface area (Å²) in [5.41, 5.74) is 4.68. The molecule has 8 rings (SSSR count). The van der Waals surface area contributed by atoms with Crippen LogP contribution in [0.4, 0.5) is 0 Å². The molecule has 3 fully saturated rings. The van der Waals surface area contributed by atoms with Gasteiger partial charge in [0.25, 0.3) is 5.91 Å². The third kappa shape index (κ3) is 8.03. The highest BCUT2D eigenvalue weighted by molar-refractivity contribution is 6.01. The van der Waals surface area contributed by atoms with Crippen molar-refractivity contribution in [2.75, 3.05) is 13.2 Å². The fourth-order valence-electron chi connectivity index (χ4n) is 11.3. The summed E-state index contributed by atoms with van der Waals surface area (Å²) in [6, 6.07) is 14.2. The molecule has 3 aliphatic carbocycles. The molecule has 0 saturated heterocycles. The number of phenolic OH excluding ortho intramolecular Hbond substituents is 2. The average molecular weight is 816 g/mol. The zero-order valence-electron chi connectivity index (χ0n) is 35.6. The number of amides is 1. The van der Waals surface area contributed by atoms with Gasteiger partial charge in [-0.15, -0.1) is 0 Å².